The van der Waals surface area contributed by atoms with Gasteiger partial charge < -0.3 is 15.2 Å². The van der Waals surface area contributed by atoms with Crippen LogP contribution in [0.2, 0.25) is 0 Å². The van der Waals surface area contributed by atoms with E-state index in [1.807, 2.05) is 0 Å². The van der Waals surface area contributed by atoms with Crippen LogP contribution in [0, 0.1) is 11.8 Å². The summed E-state index contributed by atoms with van der Waals surface area (Å²) in [5, 5.41) is 13.1. The predicted molar refractivity (Wildman–Crippen MR) is 71.1 cm³/mol. The van der Waals surface area contributed by atoms with E-state index in [-0.39, 0.29) is 6.10 Å². The molecule has 17 heavy (non-hydrogen) atoms. The molecule has 0 amide bonds. The molecule has 3 nitrogen and oxygen atoms in total. The molecule has 0 bridgehead atoms. The van der Waals surface area contributed by atoms with Crippen LogP contribution in [0.4, 0.5) is 0 Å². The molecule has 2 N–H and O–H groups in total. The maximum absolute atomic E-state index is 9.70. The maximum atomic E-state index is 9.70. The van der Waals surface area contributed by atoms with Crippen LogP contribution in [0.15, 0.2) is 0 Å². The summed E-state index contributed by atoms with van der Waals surface area (Å²) in [5.74, 6) is 1.37. The molecule has 1 aliphatic carbocycles. The first kappa shape index (κ1) is 14.9. The molecule has 1 saturated carbocycles. The maximum Gasteiger partial charge on any atom is 0.0897 e. The van der Waals surface area contributed by atoms with Crippen LogP contribution in [-0.2, 0) is 4.74 Å². The lowest BCUT2D eigenvalue weighted by atomic mass is 9.89. The number of aliphatic hydroxyl groups is 1. The van der Waals surface area contributed by atoms with Crippen molar-refractivity contribution in [1.82, 2.24) is 5.32 Å². The molecule has 0 saturated heterocycles. The molecular weight excluding hydrogens is 214 g/mol. The van der Waals surface area contributed by atoms with Crippen LogP contribution >= 0.6 is 0 Å². The average molecular weight is 243 g/mol. The topological polar surface area (TPSA) is 41.5 Å². The summed E-state index contributed by atoms with van der Waals surface area (Å²) in [6.45, 7) is 7.15. The SMILES string of the molecule is CC(C)COCC(O)CNCC1CCCCC1. The van der Waals surface area contributed by atoms with Crippen molar-refractivity contribution in [3.05, 3.63) is 0 Å². The number of hydrogen-bond donors (Lipinski definition) is 2. The summed E-state index contributed by atoms with van der Waals surface area (Å²) in [6.07, 6.45) is 6.51. The highest BCUT2D eigenvalue weighted by molar-refractivity contribution is 4.69. The van der Waals surface area contributed by atoms with Gasteiger partial charge in [0.2, 0.25) is 0 Å². The highest BCUT2D eigenvalue weighted by Gasteiger charge is 2.13. The van der Waals surface area contributed by atoms with E-state index in [0.717, 1.165) is 19.1 Å². The lowest BCUT2D eigenvalue weighted by Crippen LogP contribution is -2.34. The molecule has 1 fully saturated rings. The highest BCUT2D eigenvalue weighted by atomic mass is 16.5. The van der Waals surface area contributed by atoms with Crippen molar-refractivity contribution in [2.45, 2.75) is 52.1 Å². The lowest BCUT2D eigenvalue weighted by Gasteiger charge is -2.22. The second-order valence-electron chi connectivity index (χ2n) is 5.75. The Kier molecular flexibility index (Phi) is 7.82. The fourth-order valence-corrected chi connectivity index (χ4v) is 2.34. The van der Waals surface area contributed by atoms with Crippen molar-refractivity contribution in [3.63, 3.8) is 0 Å². The van der Waals surface area contributed by atoms with Crippen LogP contribution in [0.5, 0.6) is 0 Å². The molecule has 1 atom stereocenters. The van der Waals surface area contributed by atoms with Crippen molar-refractivity contribution in [2.24, 2.45) is 11.8 Å². The summed E-state index contributed by atoms with van der Waals surface area (Å²) >= 11 is 0. The molecule has 0 aliphatic heterocycles. The van der Waals surface area contributed by atoms with E-state index >= 15 is 0 Å². The summed E-state index contributed by atoms with van der Waals surface area (Å²) in [6, 6.07) is 0. The first-order chi connectivity index (χ1) is 8.18. The normalized spacial score (nSPS) is 19.8. The largest absolute Gasteiger partial charge is 0.389 e. The molecule has 1 unspecified atom stereocenters. The molecule has 3 heteroatoms. The first-order valence-corrected chi connectivity index (χ1v) is 7.15. The molecule has 1 aliphatic rings. The van der Waals surface area contributed by atoms with Gasteiger partial charge in [-0.25, -0.2) is 0 Å². The first-order valence-electron chi connectivity index (χ1n) is 7.15. The van der Waals surface area contributed by atoms with Gasteiger partial charge in [0.05, 0.1) is 12.7 Å². The smallest absolute Gasteiger partial charge is 0.0897 e. The van der Waals surface area contributed by atoms with E-state index in [1.54, 1.807) is 0 Å². The molecule has 0 aromatic carbocycles. The van der Waals surface area contributed by atoms with E-state index in [1.165, 1.54) is 32.1 Å². The van der Waals surface area contributed by atoms with Crippen molar-refractivity contribution in [2.75, 3.05) is 26.3 Å². The second kappa shape index (κ2) is 8.90. The van der Waals surface area contributed by atoms with E-state index in [2.05, 4.69) is 19.2 Å². The van der Waals surface area contributed by atoms with Gasteiger partial charge in [0.25, 0.3) is 0 Å². The van der Waals surface area contributed by atoms with Crippen LogP contribution < -0.4 is 5.32 Å². The van der Waals surface area contributed by atoms with E-state index in [0.29, 0.717) is 19.1 Å². The number of hydrogen-bond acceptors (Lipinski definition) is 3. The van der Waals surface area contributed by atoms with Gasteiger partial charge in [-0.05, 0) is 31.2 Å². The molecular formula is C14H29NO2. The van der Waals surface area contributed by atoms with Gasteiger partial charge in [0.15, 0.2) is 0 Å². The number of aliphatic hydroxyl groups excluding tert-OH is 1. The number of ether oxygens (including phenoxy) is 1. The number of rotatable bonds is 8. The van der Waals surface area contributed by atoms with Gasteiger partial charge in [-0.2, -0.15) is 0 Å². The third kappa shape index (κ3) is 7.74. The average Bonchev–Trinajstić information content (AvgIpc) is 2.30. The minimum atomic E-state index is -0.364. The molecule has 102 valence electrons. The summed E-state index contributed by atoms with van der Waals surface area (Å²) in [7, 11) is 0. The van der Waals surface area contributed by atoms with Gasteiger partial charge in [0.1, 0.15) is 0 Å². The quantitative estimate of drug-likeness (QED) is 0.686. The molecule has 0 heterocycles. The van der Waals surface area contributed by atoms with Gasteiger partial charge in [-0.15, -0.1) is 0 Å². The van der Waals surface area contributed by atoms with E-state index in [4.69, 9.17) is 4.74 Å². The lowest BCUT2D eigenvalue weighted by molar-refractivity contribution is 0.0257. The van der Waals surface area contributed by atoms with Gasteiger partial charge in [-0.1, -0.05) is 33.1 Å². The summed E-state index contributed by atoms with van der Waals surface area (Å²) in [4.78, 5) is 0. The van der Waals surface area contributed by atoms with Crippen molar-refractivity contribution >= 4 is 0 Å². The minimum Gasteiger partial charge on any atom is -0.389 e. The van der Waals surface area contributed by atoms with E-state index < -0.39 is 0 Å². The van der Waals surface area contributed by atoms with Crippen molar-refractivity contribution < 1.29 is 9.84 Å². The Hall–Kier alpha value is -0.120. The zero-order chi connectivity index (χ0) is 12.5. The van der Waals surface area contributed by atoms with Crippen molar-refractivity contribution in [3.8, 4) is 0 Å². The Balaban J connectivity index is 1.93. The van der Waals surface area contributed by atoms with Gasteiger partial charge >= 0.3 is 0 Å². The van der Waals surface area contributed by atoms with Crippen LogP contribution in [0.3, 0.4) is 0 Å². The highest BCUT2D eigenvalue weighted by Crippen LogP contribution is 2.22. The Bertz CT molecular complexity index is 179. The zero-order valence-corrected chi connectivity index (χ0v) is 11.5. The van der Waals surface area contributed by atoms with Gasteiger partial charge in [0, 0.05) is 13.2 Å². The molecule has 0 aromatic heterocycles. The Morgan fingerprint density at radius 2 is 1.88 bits per heavy atom. The summed E-state index contributed by atoms with van der Waals surface area (Å²) < 4.78 is 5.41. The standard InChI is InChI=1S/C14H29NO2/c1-12(2)10-17-11-14(16)9-15-8-13-6-4-3-5-7-13/h12-16H,3-11H2,1-2H3. The minimum absolute atomic E-state index is 0.364. The van der Waals surface area contributed by atoms with Crippen LogP contribution in [-0.4, -0.2) is 37.5 Å². The van der Waals surface area contributed by atoms with Gasteiger partial charge in [-0.3, -0.25) is 0 Å². The Morgan fingerprint density at radius 3 is 2.53 bits per heavy atom. The number of nitrogens with one attached hydrogen (secondary N) is 1. The molecule has 0 aromatic rings. The summed E-state index contributed by atoms with van der Waals surface area (Å²) in [5.41, 5.74) is 0. The Labute approximate surface area is 106 Å². The fraction of sp³-hybridized carbons (Fsp3) is 1.00. The fourth-order valence-electron chi connectivity index (χ4n) is 2.34. The third-order valence-electron chi connectivity index (χ3n) is 3.30. The molecule has 0 radical (unpaired) electrons. The molecule has 1 rings (SSSR count). The second-order valence-corrected chi connectivity index (χ2v) is 5.75. The van der Waals surface area contributed by atoms with Crippen LogP contribution in [0.1, 0.15) is 46.0 Å². The monoisotopic (exact) mass is 243 g/mol. The van der Waals surface area contributed by atoms with E-state index in [9.17, 15) is 5.11 Å². The zero-order valence-electron chi connectivity index (χ0n) is 11.5. The Morgan fingerprint density at radius 1 is 1.18 bits per heavy atom. The molecule has 0 spiro atoms. The predicted octanol–water partition coefficient (Wildman–Crippen LogP) is 2.19. The van der Waals surface area contributed by atoms with Crippen LogP contribution in [0.25, 0.3) is 0 Å². The third-order valence-corrected chi connectivity index (χ3v) is 3.30. The van der Waals surface area contributed by atoms with Crippen molar-refractivity contribution in [1.29, 1.82) is 0 Å².